The van der Waals surface area contributed by atoms with E-state index in [2.05, 4.69) is 16.6 Å². The lowest BCUT2D eigenvalue weighted by Crippen LogP contribution is -2.26. The molecule has 0 bridgehead atoms. The fraction of sp³-hybridized carbons (Fsp3) is 0.429. The second-order valence-electron chi connectivity index (χ2n) is 4.30. The zero-order valence-electron chi connectivity index (χ0n) is 11.8. The van der Waals surface area contributed by atoms with Crippen LogP contribution in [0.15, 0.2) is 29.2 Å². The smallest absolute Gasteiger partial charge is 0.241 e. The lowest BCUT2D eigenvalue weighted by atomic mass is 10.2. The largest absolute Gasteiger partial charge is 0.395 e. The van der Waals surface area contributed by atoms with Crippen molar-refractivity contribution in [1.29, 1.82) is 0 Å². The molecule has 0 aliphatic rings. The van der Waals surface area contributed by atoms with E-state index >= 15 is 0 Å². The highest BCUT2D eigenvalue weighted by atomic mass is 32.2. The molecule has 2 N–H and O–H groups in total. The second kappa shape index (κ2) is 8.95. The van der Waals surface area contributed by atoms with Crippen LogP contribution in [0.2, 0.25) is 0 Å². The molecule has 1 unspecified atom stereocenters. The van der Waals surface area contributed by atoms with Gasteiger partial charge in [0.1, 0.15) is 0 Å². The molecule has 0 amide bonds. The number of hydrogen-bond donors (Lipinski definition) is 2. The minimum absolute atomic E-state index is 0.0612. The lowest BCUT2D eigenvalue weighted by Gasteiger charge is -2.08. The minimum atomic E-state index is -3.64. The van der Waals surface area contributed by atoms with E-state index in [1.54, 1.807) is 24.5 Å². The van der Waals surface area contributed by atoms with Crippen molar-refractivity contribution in [2.75, 3.05) is 25.2 Å². The number of benzene rings is 1. The van der Waals surface area contributed by atoms with Crippen LogP contribution in [-0.2, 0) is 20.8 Å². The number of aliphatic hydroxyl groups is 1. The van der Waals surface area contributed by atoms with Crippen molar-refractivity contribution in [3.8, 4) is 11.8 Å². The molecule has 0 saturated carbocycles. The van der Waals surface area contributed by atoms with Crippen LogP contribution in [0.4, 0.5) is 0 Å². The van der Waals surface area contributed by atoms with Crippen LogP contribution in [0.1, 0.15) is 18.4 Å². The number of hydrogen-bond acceptors (Lipinski definition) is 4. The zero-order valence-corrected chi connectivity index (χ0v) is 13.5. The van der Waals surface area contributed by atoms with Gasteiger partial charge in [0.05, 0.1) is 11.5 Å². The molecule has 0 heterocycles. The zero-order chi connectivity index (χ0) is 15.7. The summed E-state index contributed by atoms with van der Waals surface area (Å²) in [6.07, 6.45) is 2.39. The molecule has 116 valence electrons. The average Bonchev–Trinajstić information content (AvgIpc) is 2.44. The maximum Gasteiger partial charge on any atom is 0.241 e. The summed E-state index contributed by atoms with van der Waals surface area (Å²) in [6.45, 7) is 0.175. The SMILES string of the molecule is CS(=O)CCCNS(=O)(=O)c1ccccc1C#CCCO. The predicted molar refractivity (Wildman–Crippen MR) is 83.8 cm³/mol. The van der Waals surface area contributed by atoms with Crippen LogP contribution >= 0.6 is 0 Å². The summed E-state index contributed by atoms with van der Waals surface area (Å²) in [7, 11) is -4.57. The third-order valence-corrected chi connectivity index (χ3v) is 4.92. The fourth-order valence-electron chi connectivity index (χ4n) is 1.58. The van der Waals surface area contributed by atoms with Crippen molar-refractivity contribution in [2.45, 2.75) is 17.7 Å². The first-order valence-corrected chi connectivity index (χ1v) is 9.67. The van der Waals surface area contributed by atoms with E-state index in [0.717, 1.165) is 0 Å². The van der Waals surface area contributed by atoms with E-state index in [0.29, 0.717) is 24.2 Å². The number of aliphatic hydroxyl groups excluding tert-OH is 1. The van der Waals surface area contributed by atoms with Crippen LogP contribution in [-0.4, -0.2) is 42.9 Å². The lowest BCUT2D eigenvalue weighted by molar-refractivity contribution is 0.305. The van der Waals surface area contributed by atoms with Gasteiger partial charge in [0.15, 0.2) is 0 Å². The number of rotatable bonds is 7. The van der Waals surface area contributed by atoms with Gasteiger partial charge in [-0.2, -0.15) is 0 Å². The molecule has 0 fully saturated rings. The van der Waals surface area contributed by atoms with Crippen molar-refractivity contribution >= 4 is 20.8 Å². The Kier molecular flexibility index (Phi) is 7.61. The van der Waals surface area contributed by atoms with Gasteiger partial charge in [-0.15, -0.1) is 0 Å². The van der Waals surface area contributed by atoms with Gasteiger partial charge in [-0.1, -0.05) is 24.0 Å². The highest BCUT2D eigenvalue weighted by Gasteiger charge is 2.16. The van der Waals surface area contributed by atoms with Crippen molar-refractivity contribution < 1.29 is 17.7 Å². The first kappa shape index (κ1) is 17.9. The molecule has 1 rings (SSSR count). The maximum atomic E-state index is 12.2. The van der Waals surface area contributed by atoms with Gasteiger partial charge in [-0.05, 0) is 18.6 Å². The third kappa shape index (κ3) is 6.40. The standard InChI is InChI=1S/C14H19NO4S2/c1-20(17)12-6-10-15-21(18,19)14-9-3-2-7-13(14)8-4-5-11-16/h2-3,7,9,15-16H,5-6,10-12H2,1H3. The van der Waals surface area contributed by atoms with E-state index < -0.39 is 20.8 Å². The van der Waals surface area contributed by atoms with E-state index in [1.807, 2.05) is 0 Å². The Balaban J connectivity index is 2.83. The Bertz CT molecular complexity index is 644. The quantitative estimate of drug-likeness (QED) is 0.562. The normalized spacial score (nSPS) is 12.5. The van der Waals surface area contributed by atoms with Crippen LogP contribution in [0, 0.1) is 11.8 Å². The molecule has 0 spiro atoms. The van der Waals surface area contributed by atoms with Gasteiger partial charge in [-0.25, -0.2) is 13.1 Å². The molecule has 0 aromatic heterocycles. The first-order valence-electron chi connectivity index (χ1n) is 6.46. The summed E-state index contributed by atoms with van der Waals surface area (Å²) in [6, 6.07) is 6.46. The molecular formula is C14H19NO4S2. The van der Waals surface area contributed by atoms with Gasteiger partial charge in [0.25, 0.3) is 0 Å². The van der Waals surface area contributed by atoms with Gasteiger partial charge in [-0.3, -0.25) is 4.21 Å². The summed E-state index contributed by atoms with van der Waals surface area (Å²) in [4.78, 5) is 0.119. The fourth-order valence-corrected chi connectivity index (χ4v) is 3.36. The maximum absolute atomic E-state index is 12.2. The molecule has 1 atom stereocenters. The molecule has 0 radical (unpaired) electrons. The number of sulfonamides is 1. The number of nitrogens with one attached hydrogen (secondary N) is 1. The topological polar surface area (TPSA) is 83.5 Å². The monoisotopic (exact) mass is 329 g/mol. The molecule has 7 heteroatoms. The van der Waals surface area contributed by atoms with Crippen LogP contribution < -0.4 is 4.72 Å². The highest BCUT2D eigenvalue weighted by Crippen LogP contribution is 2.14. The molecule has 21 heavy (non-hydrogen) atoms. The van der Waals surface area contributed by atoms with Crippen molar-refractivity contribution in [2.24, 2.45) is 0 Å². The Morgan fingerprint density at radius 1 is 1.33 bits per heavy atom. The molecule has 5 nitrogen and oxygen atoms in total. The Hall–Kier alpha value is -1.20. The van der Waals surface area contributed by atoms with E-state index in [4.69, 9.17) is 5.11 Å². The van der Waals surface area contributed by atoms with Crippen LogP contribution in [0.3, 0.4) is 0 Å². The highest BCUT2D eigenvalue weighted by molar-refractivity contribution is 7.89. The summed E-state index contributed by atoms with van der Waals surface area (Å²) < 4.78 is 37.9. The van der Waals surface area contributed by atoms with Crippen LogP contribution in [0.25, 0.3) is 0 Å². The third-order valence-electron chi connectivity index (χ3n) is 2.54. The van der Waals surface area contributed by atoms with E-state index in [1.165, 1.54) is 6.07 Å². The Morgan fingerprint density at radius 2 is 2.05 bits per heavy atom. The van der Waals surface area contributed by atoms with Crippen molar-refractivity contribution in [3.05, 3.63) is 29.8 Å². The molecule has 0 aliphatic heterocycles. The summed E-state index contributed by atoms with van der Waals surface area (Å²) in [5.74, 6) is 5.92. The predicted octanol–water partition coefficient (Wildman–Crippen LogP) is 0.467. The van der Waals surface area contributed by atoms with Gasteiger partial charge < -0.3 is 5.11 Å². The molecule has 1 aromatic carbocycles. The summed E-state index contributed by atoms with van der Waals surface area (Å²) in [5.41, 5.74) is 0.400. The molecule has 0 aliphatic carbocycles. The first-order chi connectivity index (χ1) is 9.97. The Morgan fingerprint density at radius 3 is 2.71 bits per heavy atom. The Labute approximate surface area is 128 Å². The van der Waals surface area contributed by atoms with E-state index in [9.17, 15) is 12.6 Å². The molecular weight excluding hydrogens is 310 g/mol. The van der Waals surface area contributed by atoms with Crippen molar-refractivity contribution in [1.82, 2.24) is 4.72 Å². The molecule has 1 aromatic rings. The summed E-state index contributed by atoms with van der Waals surface area (Å²) in [5, 5.41) is 8.70. The van der Waals surface area contributed by atoms with Gasteiger partial charge >= 0.3 is 0 Å². The van der Waals surface area contributed by atoms with E-state index in [-0.39, 0.29) is 18.0 Å². The summed E-state index contributed by atoms with van der Waals surface area (Å²) >= 11 is 0. The van der Waals surface area contributed by atoms with Gasteiger partial charge in [0, 0.05) is 41.3 Å². The van der Waals surface area contributed by atoms with Gasteiger partial charge in [0.2, 0.25) is 10.0 Å². The second-order valence-corrected chi connectivity index (χ2v) is 7.59. The molecule has 0 saturated heterocycles. The van der Waals surface area contributed by atoms with Crippen LogP contribution in [0.5, 0.6) is 0 Å². The van der Waals surface area contributed by atoms with Crippen molar-refractivity contribution in [3.63, 3.8) is 0 Å². The average molecular weight is 329 g/mol. The minimum Gasteiger partial charge on any atom is -0.395 e.